The van der Waals surface area contributed by atoms with Crippen LogP contribution in [-0.2, 0) is 13.5 Å². The predicted molar refractivity (Wildman–Crippen MR) is 107 cm³/mol. The first-order valence-electron chi connectivity index (χ1n) is 11.9. The zero-order valence-electron chi connectivity index (χ0n) is 21.5. The van der Waals surface area contributed by atoms with Gasteiger partial charge in [0.25, 0.3) is 6.33 Å². The van der Waals surface area contributed by atoms with Gasteiger partial charge in [-0.15, -0.1) is 0 Å². The van der Waals surface area contributed by atoms with Gasteiger partial charge in [-0.25, -0.2) is 9.55 Å². The van der Waals surface area contributed by atoms with Gasteiger partial charge in [-0.1, -0.05) is 6.07 Å². The molecule has 0 spiro atoms. The third-order valence-corrected chi connectivity index (χ3v) is 5.39. The molecule has 0 saturated carbocycles. The number of imidazole rings is 1. The van der Waals surface area contributed by atoms with E-state index in [1.54, 1.807) is 10.9 Å². The summed E-state index contributed by atoms with van der Waals surface area (Å²) in [5.74, 6) is 0.540. The Balaban J connectivity index is 1.83. The maximum absolute atomic E-state index is 8.33. The van der Waals surface area contributed by atoms with Crippen molar-refractivity contribution >= 4 is 10.9 Å². The van der Waals surface area contributed by atoms with E-state index in [1.165, 1.54) is 6.20 Å². The van der Waals surface area contributed by atoms with Crippen molar-refractivity contribution in [2.45, 2.75) is 34.0 Å². The van der Waals surface area contributed by atoms with Gasteiger partial charge in [0.2, 0.25) is 0 Å². The van der Waals surface area contributed by atoms with Gasteiger partial charge >= 0.3 is 0 Å². The molecule has 134 valence electrons. The lowest BCUT2D eigenvalue weighted by atomic mass is 9.93. The maximum Gasteiger partial charge on any atom is 0.287 e. The molecule has 4 heteroatoms. The van der Waals surface area contributed by atoms with Gasteiger partial charge in [0.15, 0.2) is 5.52 Å². The Kier molecular flexibility index (Phi) is 2.23. The van der Waals surface area contributed by atoms with Gasteiger partial charge in [-0.05, 0) is 73.0 Å². The summed E-state index contributed by atoms with van der Waals surface area (Å²) in [6, 6.07) is 8.06. The molecule has 3 heterocycles. The molecule has 0 aliphatic carbocycles. The first kappa shape index (κ1) is 11.0. The molecule has 1 aliphatic heterocycles. The minimum atomic E-state index is -2.39. The predicted octanol–water partition coefficient (Wildman–Crippen LogP) is 4.05. The van der Waals surface area contributed by atoms with E-state index in [4.69, 9.17) is 8.22 Å². The van der Waals surface area contributed by atoms with Crippen molar-refractivity contribution in [2.75, 3.05) is 0 Å². The summed E-state index contributed by atoms with van der Waals surface area (Å²) in [6.45, 7) is -0.920. The van der Waals surface area contributed by atoms with Crippen LogP contribution in [0.15, 0.2) is 36.8 Å². The fourth-order valence-corrected chi connectivity index (χ4v) is 4.07. The average molecular weight is 362 g/mol. The lowest BCUT2D eigenvalue weighted by molar-refractivity contribution is -0.662. The Morgan fingerprint density at radius 1 is 1.15 bits per heavy atom. The Bertz CT molecular complexity index is 1450. The highest BCUT2D eigenvalue weighted by atomic mass is 15.1. The van der Waals surface area contributed by atoms with E-state index in [1.807, 2.05) is 49.7 Å². The van der Waals surface area contributed by atoms with Gasteiger partial charge in [0, 0.05) is 26.4 Å². The smallest absolute Gasteiger partial charge is 0.287 e. The summed E-state index contributed by atoms with van der Waals surface area (Å²) < 4.78 is 51.6. The molecule has 27 heavy (non-hydrogen) atoms. The van der Waals surface area contributed by atoms with Crippen LogP contribution in [0.1, 0.15) is 42.0 Å². The molecule has 4 aromatic rings. The fraction of sp³-hybridized carbons (Fsp3) is 0.261. The summed E-state index contributed by atoms with van der Waals surface area (Å²) in [5, 5.41) is 0.936. The monoisotopic (exact) mass is 361 g/mol. The number of rotatable bonds is 1. The van der Waals surface area contributed by atoms with Gasteiger partial charge in [-0.2, -0.15) is 0 Å². The molecule has 4 nitrogen and oxygen atoms in total. The second kappa shape index (κ2) is 5.49. The average Bonchev–Trinajstić information content (AvgIpc) is 3.25. The van der Waals surface area contributed by atoms with Crippen molar-refractivity contribution in [3.63, 3.8) is 0 Å². The van der Waals surface area contributed by atoms with E-state index < -0.39 is 13.7 Å². The molecule has 0 radical (unpaired) electrons. The van der Waals surface area contributed by atoms with Gasteiger partial charge in [-0.3, -0.25) is 0 Å². The molecular weight excluding hydrogens is 332 g/mol. The Labute approximate surface area is 167 Å². The number of benzene rings is 2. The van der Waals surface area contributed by atoms with Crippen LogP contribution < -0.4 is 4.57 Å². The highest BCUT2D eigenvalue weighted by Crippen LogP contribution is 2.38. The number of hydrogen-bond acceptors (Lipinski definition) is 2. The second-order valence-electron chi connectivity index (χ2n) is 7.25. The molecule has 2 aromatic carbocycles. The number of fused-ring (bicyclic) bond motifs is 4. The molecule has 1 aliphatic rings. The number of aromatic nitrogens is 4. The summed E-state index contributed by atoms with van der Waals surface area (Å²) in [5.41, 5.74) is 5.81. The molecule has 0 bridgehead atoms. The first-order valence-corrected chi connectivity index (χ1v) is 8.87. The van der Waals surface area contributed by atoms with Gasteiger partial charge < -0.3 is 4.57 Å². The van der Waals surface area contributed by atoms with Crippen molar-refractivity contribution in [3.8, 4) is 16.9 Å². The third-order valence-electron chi connectivity index (χ3n) is 5.39. The molecule has 0 unspecified atom stereocenters. The van der Waals surface area contributed by atoms with Crippen LogP contribution in [0.3, 0.4) is 0 Å². The number of hydrogen-bond donors (Lipinski definition) is 0. The van der Waals surface area contributed by atoms with Crippen molar-refractivity contribution < 1.29 is 12.8 Å². The minimum Gasteiger partial charge on any atom is -0.303 e. The van der Waals surface area contributed by atoms with Crippen LogP contribution in [0, 0.1) is 27.6 Å². The van der Waals surface area contributed by atoms with Crippen LogP contribution >= 0.6 is 0 Å². The fourth-order valence-electron chi connectivity index (χ4n) is 4.07. The molecule has 0 fully saturated rings. The Morgan fingerprint density at radius 2 is 2.04 bits per heavy atom. The summed E-state index contributed by atoms with van der Waals surface area (Å²) in [7, 11) is 1.90. The molecule has 0 saturated heterocycles. The third kappa shape index (κ3) is 2.26. The van der Waals surface area contributed by atoms with Crippen LogP contribution in [0.5, 0.6) is 0 Å². The van der Waals surface area contributed by atoms with Gasteiger partial charge in [0.1, 0.15) is 11.5 Å². The highest BCUT2D eigenvalue weighted by Gasteiger charge is 2.26. The second-order valence-corrected chi connectivity index (χ2v) is 7.25. The number of aryl methyl sites for hydroxylation is 3. The summed E-state index contributed by atoms with van der Waals surface area (Å²) in [4.78, 5) is 8.85. The normalized spacial score (nSPS) is 16.7. The standard InChI is InChI=1S/C23H23N4/c1-13-6-7-18-20(8-13)24-12-26(5)23(18)19-9-17-10-21-25-14(2)11-27(21)22(17)16(4)15(19)3/h6-9,11-12H,10H2,1-5H3/q+1/i2D3,4D3. The molecule has 5 rings (SSSR count). The molecule has 0 amide bonds. The molecule has 0 atom stereocenters. The quantitative estimate of drug-likeness (QED) is 0.422. The maximum atomic E-state index is 8.33. The van der Waals surface area contributed by atoms with E-state index in [0.29, 0.717) is 23.5 Å². The van der Waals surface area contributed by atoms with Crippen molar-refractivity contribution in [1.29, 1.82) is 0 Å². The highest BCUT2D eigenvalue weighted by molar-refractivity contribution is 5.92. The van der Waals surface area contributed by atoms with Crippen LogP contribution in [0.25, 0.3) is 27.8 Å². The molecule has 0 N–H and O–H groups in total. The van der Waals surface area contributed by atoms with Crippen LogP contribution in [0.4, 0.5) is 0 Å². The van der Waals surface area contributed by atoms with Gasteiger partial charge in [0.05, 0.1) is 23.8 Å². The van der Waals surface area contributed by atoms with E-state index in [2.05, 4.69) is 9.97 Å². The topological polar surface area (TPSA) is 34.6 Å². The Hall–Kier alpha value is -3.01. The number of nitrogens with zero attached hydrogens (tertiary/aromatic N) is 4. The zero-order valence-corrected chi connectivity index (χ0v) is 15.5. The Morgan fingerprint density at radius 3 is 2.85 bits per heavy atom. The lowest BCUT2D eigenvalue weighted by Crippen LogP contribution is -2.32. The minimum absolute atomic E-state index is 0.0248. The van der Waals surface area contributed by atoms with Crippen molar-refractivity contribution in [2.24, 2.45) is 7.05 Å². The summed E-state index contributed by atoms with van der Waals surface area (Å²) in [6.07, 6.45) is 3.56. The lowest BCUT2D eigenvalue weighted by Gasteiger charge is -2.16. The van der Waals surface area contributed by atoms with Crippen LogP contribution in [0.2, 0.25) is 0 Å². The molecular formula is C23H23N4+. The van der Waals surface area contributed by atoms with Crippen molar-refractivity contribution in [1.82, 2.24) is 14.5 Å². The van der Waals surface area contributed by atoms with Crippen molar-refractivity contribution in [3.05, 3.63) is 70.6 Å². The summed E-state index contributed by atoms with van der Waals surface area (Å²) >= 11 is 0. The largest absolute Gasteiger partial charge is 0.303 e. The zero-order chi connectivity index (χ0) is 23.9. The van der Waals surface area contributed by atoms with E-state index in [9.17, 15) is 0 Å². The van der Waals surface area contributed by atoms with E-state index in [0.717, 1.165) is 33.3 Å². The van der Waals surface area contributed by atoms with E-state index >= 15 is 0 Å². The SMILES string of the molecule is [2H]C([2H])([2H])c1cn2c(n1)Cc1cc(-c3c4ccc(C)cc4nc[n+]3C)c(C)c(C([2H])([2H])[2H])c1-2. The van der Waals surface area contributed by atoms with E-state index in [-0.39, 0.29) is 11.3 Å². The van der Waals surface area contributed by atoms with Crippen LogP contribution in [-0.4, -0.2) is 14.5 Å². The first-order chi connectivity index (χ1) is 15.4. The molecule has 2 aromatic heterocycles.